The van der Waals surface area contributed by atoms with Crippen molar-refractivity contribution in [3.63, 3.8) is 0 Å². The minimum absolute atomic E-state index is 0.00627. The first-order chi connectivity index (χ1) is 10.0. The maximum absolute atomic E-state index is 12.1. The number of hydrogen-bond acceptors (Lipinski definition) is 3. The van der Waals surface area contributed by atoms with Crippen molar-refractivity contribution in [3.8, 4) is 5.75 Å². The van der Waals surface area contributed by atoms with E-state index in [1.54, 1.807) is 12.1 Å². The molecule has 0 bridgehead atoms. The molecule has 2 rings (SSSR count). The highest BCUT2D eigenvalue weighted by Gasteiger charge is 2.27. The average Bonchev–Trinajstić information content (AvgIpc) is 2.48. The molecule has 0 unspecified atom stereocenters. The number of carbonyl (C=O) groups excluding carboxylic acids is 1. The zero-order chi connectivity index (χ0) is 15.2. The van der Waals surface area contributed by atoms with E-state index in [1.807, 2.05) is 12.1 Å². The second-order valence-corrected chi connectivity index (χ2v) is 6.30. The van der Waals surface area contributed by atoms with E-state index in [-0.39, 0.29) is 17.8 Å². The van der Waals surface area contributed by atoms with Crippen LogP contribution in [-0.4, -0.2) is 18.5 Å². The normalized spacial score (nSPS) is 21.6. The highest BCUT2D eigenvalue weighted by atomic mass is 79.9. The SMILES string of the molecule is N=C(N)NC[C@H]1CC[C@H](C(=O)Oc2ccc(Br)cc2)CC1. The Hall–Kier alpha value is -1.56. The van der Waals surface area contributed by atoms with Crippen LogP contribution in [-0.2, 0) is 4.79 Å². The molecule has 0 spiro atoms. The van der Waals surface area contributed by atoms with Crippen molar-refractivity contribution in [1.29, 1.82) is 5.41 Å². The summed E-state index contributed by atoms with van der Waals surface area (Å²) in [5.74, 6) is 0.901. The van der Waals surface area contributed by atoms with Crippen molar-refractivity contribution in [1.82, 2.24) is 5.32 Å². The van der Waals surface area contributed by atoms with Gasteiger partial charge in [0.25, 0.3) is 0 Å². The highest BCUT2D eigenvalue weighted by Crippen LogP contribution is 2.29. The monoisotopic (exact) mass is 353 g/mol. The van der Waals surface area contributed by atoms with Gasteiger partial charge in [0.2, 0.25) is 0 Å². The van der Waals surface area contributed by atoms with Crippen LogP contribution >= 0.6 is 15.9 Å². The summed E-state index contributed by atoms with van der Waals surface area (Å²) < 4.78 is 6.37. The van der Waals surface area contributed by atoms with Crippen LogP contribution in [0.1, 0.15) is 25.7 Å². The van der Waals surface area contributed by atoms with Crippen LogP contribution in [0.3, 0.4) is 0 Å². The second kappa shape index (κ2) is 7.45. The van der Waals surface area contributed by atoms with Gasteiger partial charge in [0.1, 0.15) is 5.75 Å². The Kier molecular flexibility index (Phi) is 5.61. The second-order valence-electron chi connectivity index (χ2n) is 5.39. The molecule has 0 atom stereocenters. The maximum atomic E-state index is 12.1. The summed E-state index contributed by atoms with van der Waals surface area (Å²) in [4.78, 5) is 12.1. The van der Waals surface area contributed by atoms with Crippen LogP contribution in [0.15, 0.2) is 28.7 Å². The fourth-order valence-electron chi connectivity index (χ4n) is 2.56. The summed E-state index contributed by atoms with van der Waals surface area (Å²) in [6.07, 6.45) is 3.58. The molecule has 1 saturated carbocycles. The number of benzene rings is 1. The molecule has 114 valence electrons. The molecule has 0 radical (unpaired) electrons. The first-order valence-corrected chi connectivity index (χ1v) is 7.89. The molecule has 1 aliphatic carbocycles. The van der Waals surface area contributed by atoms with Crippen molar-refractivity contribution >= 4 is 27.9 Å². The molecule has 1 aromatic carbocycles. The minimum atomic E-state index is -0.143. The zero-order valence-corrected chi connectivity index (χ0v) is 13.4. The van der Waals surface area contributed by atoms with E-state index in [1.165, 1.54) is 0 Å². The van der Waals surface area contributed by atoms with Gasteiger partial charge in [-0.15, -0.1) is 0 Å². The number of esters is 1. The number of hydrogen-bond donors (Lipinski definition) is 3. The van der Waals surface area contributed by atoms with E-state index in [9.17, 15) is 4.79 Å². The molecule has 6 heteroatoms. The summed E-state index contributed by atoms with van der Waals surface area (Å²) in [6.45, 7) is 0.712. The Bertz CT molecular complexity index is 496. The van der Waals surface area contributed by atoms with Crippen LogP contribution < -0.4 is 15.8 Å². The van der Waals surface area contributed by atoms with Crippen LogP contribution in [0.5, 0.6) is 5.75 Å². The molecule has 4 N–H and O–H groups in total. The van der Waals surface area contributed by atoms with Gasteiger partial charge in [-0.3, -0.25) is 10.2 Å². The molecule has 1 fully saturated rings. The smallest absolute Gasteiger partial charge is 0.314 e. The average molecular weight is 354 g/mol. The summed E-state index contributed by atoms with van der Waals surface area (Å²) in [7, 11) is 0. The lowest BCUT2D eigenvalue weighted by Gasteiger charge is -2.27. The van der Waals surface area contributed by atoms with Gasteiger partial charge in [0.05, 0.1) is 5.92 Å². The summed E-state index contributed by atoms with van der Waals surface area (Å²) >= 11 is 3.35. The van der Waals surface area contributed by atoms with Gasteiger partial charge < -0.3 is 15.8 Å². The largest absolute Gasteiger partial charge is 0.426 e. The number of carbonyl (C=O) groups is 1. The number of nitrogens with one attached hydrogen (secondary N) is 2. The number of nitrogens with two attached hydrogens (primary N) is 1. The highest BCUT2D eigenvalue weighted by molar-refractivity contribution is 9.10. The molecule has 5 nitrogen and oxygen atoms in total. The van der Waals surface area contributed by atoms with E-state index in [2.05, 4.69) is 21.2 Å². The molecule has 21 heavy (non-hydrogen) atoms. The molecular formula is C15H20BrN3O2. The molecule has 0 aliphatic heterocycles. The van der Waals surface area contributed by atoms with Gasteiger partial charge >= 0.3 is 5.97 Å². The Morgan fingerprint density at radius 2 is 1.90 bits per heavy atom. The zero-order valence-electron chi connectivity index (χ0n) is 11.8. The first-order valence-electron chi connectivity index (χ1n) is 7.09. The Morgan fingerprint density at radius 1 is 1.29 bits per heavy atom. The Balaban J connectivity index is 1.77. The van der Waals surface area contributed by atoms with Crippen LogP contribution in [0.4, 0.5) is 0 Å². The van der Waals surface area contributed by atoms with Crippen molar-refractivity contribution in [3.05, 3.63) is 28.7 Å². The number of guanidine groups is 1. The van der Waals surface area contributed by atoms with Gasteiger partial charge in [-0.25, -0.2) is 0 Å². The molecule has 0 aromatic heterocycles. The van der Waals surface area contributed by atoms with E-state index in [4.69, 9.17) is 15.9 Å². The third kappa shape index (κ3) is 5.04. The van der Waals surface area contributed by atoms with Gasteiger partial charge in [-0.2, -0.15) is 0 Å². The minimum Gasteiger partial charge on any atom is -0.426 e. The van der Waals surface area contributed by atoms with E-state index in [0.717, 1.165) is 30.2 Å². The molecule has 1 aliphatic rings. The number of ether oxygens (including phenoxy) is 1. The number of rotatable bonds is 4. The third-order valence-corrected chi connectivity index (χ3v) is 4.32. The van der Waals surface area contributed by atoms with Crippen molar-refractivity contribution in [2.24, 2.45) is 17.6 Å². The fourth-order valence-corrected chi connectivity index (χ4v) is 2.82. The standard InChI is InChI=1S/C15H20BrN3O2/c16-12-5-7-13(8-6-12)21-14(20)11-3-1-10(2-4-11)9-19-15(17)18/h5-8,10-11H,1-4,9H2,(H4,17,18,19)/t10-,11-. The van der Waals surface area contributed by atoms with Crippen LogP contribution in [0.2, 0.25) is 0 Å². The van der Waals surface area contributed by atoms with Crippen molar-refractivity contribution in [2.75, 3.05) is 6.54 Å². The predicted molar refractivity (Wildman–Crippen MR) is 85.1 cm³/mol. The molecular weight excluding hydrogens is 334 g/mol. The Labute approximate surface area is 132 Å². The van der Waals surface area contributed by atoms with E-state index >= 15 is 0 Å². The van der Waals surface area contributed by atoms with Crippen molar-refractivity contribution in [2.45, 2.75) is 25.7 Å². The quantitative estimate of drug-likeness (QED) is 0.336. The summed E-state index contributed by atoms with van der Waals surface area (Å²) in [5, 5.41) is 9.99. The van der Waals surface area contributed by atoms with Gasteiger partial charge in [0, 0.05) is 11.0 Å². The van der Waals surface area contributed by atoms with Crippen molar-refractivity contribution < 1.29 is 9.53 Å². The van der Waals surface area contributed by atoms with E-state index < -0.39 is 0 Å². The lowest BCUT2D eigenvalue weighted by atomic mass is 9.82. The third-order valence-electron chi connectivity index (χ3n) is 3.79. The molecule has 0 saturated heterocycles. The first kappa shape index (κ1) is 15.8. The maximum Gasteiger partial charge on any atom is 0.314 e. The number of halogens is 1. The topological polar surface area (TPSA) is 88.2 Å². The fraction of sp³-hybridized carbons (Fsp3) is 0.467. The summed E-state index contributed by atoms with van der Waals surface area (Å²) in [5.41, 5.74) is 5.28. The van der Waals surface area contributed by atoms with Crippen LogP contribution in [0, 0.1) is 17.2 Å². The molecule has 0 heterocycles. The Morgan fingerprint density at radius 3 is 2.48 bits per heavy atom. The molecule has 0 amide bonds. The van der Waals surface area contributed by atoms with Gasteiger partial charge in [-0.05, 0) is 55.9 Å². The van der Waals surface area contributed by atoms with Gasteiger partial charge in [-0.1, -0.05) is 15.9 Å². The van der Waals surface area contributed by atoms with Gasteiger partial charge in [0.15, 0.2) is 5.96 Å². The lowest BCUT2D eigenvalue weighted by Crippen LogP contribution is -2.36. The lowest BCUT2D eigenvalue weighted by molar-refractivity contribution is -0.140. The summed E-state index contributed by atoms with van der Waals surface area (Å²) in [6, 6.07) is 7.27. The van der Waals surface area contributed by atoms with Crippen LogP contribution in [0.25, 0.3) is 0 Å². The predicted octanol–water partition coefficient (Wildman–Crippen LogP) is 2.64. The van der Waals surface area contributed by atoms with E-state index in [0.29, 0.717) is 18.2 Å². The molecule has 1 aromatic rings.